The van der Waals surface area contributed by atoms with E-state index in [4.69, 9.17) is 9.15 Å². The molecule has 0 saturated carbocycles. The van der Waals surface area contributed by atoms with E-state index in [9.17, 15) is 35.9 Å². The zero-order chi connectivity index (χ0) is 24.7. The molecule has 1 aliphatic heterocycles. The van der Waals surface area contributed by atoms with Crippen molar-refractivity contribution in [1.82, 2.24) is 4.90 Å². The van der Waals surface area contributed by atoms with Crippen molar-refractivity contribution in [1.29, 1.82) is 0 Å². The van der Waals surface area contributed by atoms with Crippen LogP contribution in [0.1, 0.15) is 32.0 Å². The predicted molar refractivity (Wildman–Crippen MR) is 107 cm³/mol. The van der Waals surface area contributed by atoms with Crippen molar-refractivity contribution in [2.45, 2.75) is 12.4 Å². The van der Waals surface area contributed by atoms with Crippen LogP contribution in [0.5, 0.6) is 0 Å². The number of para-hydroxylation sites is 1. The molecule has 2 amide bonds. The van der Waals surface area contributed by atoms with Crippen LogP contribution in [0.4, 0.5) is 32.0 Å². The van der Waals surface area contributed by atoms with Crippen LogP contribution in [0.2, 0.25) is 0 Å². The molecule has 2 heterocycles. The summed E-state index contributed by atoms with van der Waals surface area (Å²) in [6.45, 7) is 1.04. The average Bonchev–Trinajstić information content (AvgIpc) is 3.16. The molecule has 0 bridgehead atoms. The molecule has 0 radical (unpaired) electrons. The lowest BCUT2D eigenvalue weighted by Crippen LogP contribution is -2.40. The Morgan fingerprint density at radius 2 is 1.47 bits per heavy atom. The summed E-state index contributed by atoms with van der Waals surface area (Å²) in [5, 5.41) is 2.54. The summed E-state index contributed by atoms with van der Waals surface area (Å²) in [6, 6.07) is 6.74. The number of anilines is 1. The molecule has 2 aromatic carbocycles. The number of benzene rings is 2. The van der Waals surface area contributed by atoms with Crippen LogP contribution in [0.15, 0.2) is 46.9 Å². The third kappa shape index (κ3) is 4.72. The lowest BCUT2D eigenvalue weighted by molar-refractivity contribution is -0.143. The first-order valence-corrected chi connectivity index (χ1v) is 9.94. The molecule has 4 rings (SSSR count). The minimum Gasteiger partial charge on any atom is -0.449 e. The summed E-state index contributed by atoms with van der Waals surface area (Å²) < 4.78 is 89.9. The van der Waals surface area contributed by atoms with Gasteiger partial charge in [-0.15, -0.1) is 0 Å². The van der Waals surface area contributed by atoms with Gasteiger partial charge in [-0.25, -0.2) is 0 Å². The number of furan rings is 1. The van der Waals surface area contributed by atoms with Crippen molar-refractivity contribution in [2.24, 2.45) is 0 Å². The zero-order valence-electron chi connectivity index (χ0n) is 17.2. The van der Waals surface area contributed by atoms with Crippen molar-refractivity contribution < 1.29 is 45.1 Å². The number of hydrogen-bond acceptors (Lipinski definition) is 4. The van der Waals surface area contributed by atoms with Crippen molar-refractivity contribution in [3.8, 4) is 0 Å². The summed E-state index contributed by atoms with van der Waals surface area (Å²) in [5.41, 5.74) is -4.09. The number of morpholine rings is 1. The van der Waals surface area contributed by atoms with Gasteiger partial charge in [0.15, 0.2) is 0 Å². The Morgan fingerprint density at radius 1 is 0.882 bits per heavy atom. The molecule has 3 aromatic rings. The fourth-order valence-electron chi connectivity index (χ4n) is 3.50. The molecule has 0 spiro atoms. The molecule has 0 aliphatic carbocycles. The average molecular weight is 486 g/mol. The maximum absolute atomic E-state index is 13.2. The highest BCUT2D eigenvalue weighted by molar-refractivity contribution is 6.14. The predicted octanol–water partition coefficient (Wildman–Crippen LogP) is 5.20. The number of rotatable bonds is 3. The second kappa shape index (κ2) is 8.67. The third-order valence-electron chi connectivity index (χ3n) is 5.18. The standard InChI is InChI=1S/C22H16F6N2O4/c23-21(24,25)13-9-12(10-14(11-13)22(26,27)28)19(31)29-17-15-3-1-2-4-16(15)34-18(17)20(32)30-5-7-33-8-6-30/h1-4,9-11H,5-8H2,(H,29,31). The van der Waals surface area contributed by atoms with Crippen LogP contribution < -0.4 is 5.32 Å². The summed E-state index contributed by atoms with van der Waals surface area (Å²) in [7, 11) is 0. The smallest absolute Gasteiger partial charge is 0.416 e. The van der Waals surface area contributed by atoms with Crippen molar-refractivity contribution >= 4 is 28.5 Å². The number of ether oxygens (including phenoxy) is 1. The van der Waals surface area contributed by atoms with Gasteiger partial charge < -0.3 is 19.4 Å². The van der Waals surface area contributed by atoms with Gasteiger partial charge in [0.2, 0.25) is 5.76 Å². The molecule has 6 nitrogen and oxygen atoms in total. The number of nitrogens with zero attached hydrogens (tertiary/aromatic N) is 1. The normalized spacial score (nSPS) is 14.9. The van der Waals surface area contributed by atoms with Crippen molar-refractivity contribution in [3.05, 3.63) is 64.9 Å². The van der Waals surface area contributed by atoms with Gasteiger partial charge in [-0.05, 0) is 30.3 Å². The van der Waals surface area contributed by atoms with Crippen LogP contribution in [-0.4, -0.2) is 43.0 Å². The lowest BCUT2D eigenvalue weighted by Gasteiger charge is -2.26. The molecule has 34 heavy (non-hydrogen) atoms. The van der Waals surface area contributed by atoms with Gasteiger partial charge in [0.1, 0.15) is 11.3 Å². The van der Waals surface area contributed by atoms with Crippen molar-refractivity contribution in [3.63, 3.8) is 0 Å². The first-order valence-electron chi connectivity index (χ1n) is 9.94. The SMILES string of the molecule is O=C(Nc1c(C(=O)N2CCOCC2)oc2ccccc12)c1cc(C(F)(F)F)cc(C(F)(F)F)c1. The third-order valence-corrected chi connectivity index (χ3v) is 5.18. The number of carbonyl (C=O) groups is 2. The Labute approximate surface area is 188 Å². The minimum absolute atomic E-state index is 0.0720. The van der Waals surface area contributed by atoms with Crippen LogP contribution in [0.3, 0.4) is 0 Å². The number of fused-ring (bicyclic) bond motifs is 1. The topological polar surface area (TPSA) is 71.8 Å². The highest BCUT2D eigenvalue weighted by Gasteiger charge is 2.38. The lowest BCUT2D eigenvalue weighted by atomic mass is 10.0. The van der Waals surface area contributed by atoms with Crippen molar-refractivity contribution in [2.75, 3.05) is 31.6 Å². The molecule has 0 unspecified atom stereocenters. The Morgan fingerprint density at radius 3 is 2.06 bits per heavy atom. The van der Waals surface area contributed by atoms with Crippen LogP contribution >= 0.6 is 0 Å². The fraction of sp³-hybridized carbons (Fsp3) is 0.273. The largest absolute Gasteiger partial charge is 0.449 e. The Bertz CT molecular complexity index is 1210. The zero-order valence-corrected chi connectivity index (χ0v) is 17.2. The quantitative estimate of drug-likeness (QED) is 0.517. The molecule has 0 atom stereocenters. The van der Waals surface area contributed by atoms with E-state index < -0.39 is 40.9 Å². The van der Waals surface area contributed by atoms with Gasteiger partial charge in [0.25, 0.3) is 11.8 Å². The van der Waals surface area contributed by atoms with Crippen LogP contribution in [0.25, 0.3) is 11.0 Å². The first-order chi connectivity index (χ1) is 15.9. The molecule has 1 N–H and O–H groups in total. The molecule has 1 fully saturated rings. The minimum atomic E-state index is -5.11. The van der Waals surface area contributed by atoms with E-state index in [1.807, 2.05) is 0 Å². The second-order valence-electron chi connectivity index (χ2n) is 7.46. The van der Waals surface area contributed by atoms with Gasteiger partial charge >= 0.3 is 12.4 Å². The maximum Gasteiger partial charge on any atom is 0.416 e. The molecular weight excluding hydrogens is 470 g/mol. The van der Waals surface area contributed by atoms with E-state index >= 15 is 0 Å². The molecular formula is C22H16F6N2O4. The number of alkyl halides is 6. The highest BCUT2D eigenvalue weighted by atomic mass is 19.4. The maximum atomic E-state index is 13.2. The van der Waals surface area contributed by atoms with Gasteiger partial charge in [0.05, 0.1) is 24.3 Å². The number of hydrogen-bond donors (Lipinski definition) is 1. The van der Waals surface area contributed by atoms with E-state index in [1.54, 1.807) is 12.1 Å². The van der Waals surface area contributed by atoms with Gasteiger partial charge in [-0.3, -0.25) is 9.59 Å². The van der Waals surface area contributed by atoms with Crippen LogP contribution in [-0.2, 0) is 17.1 Å². The van der Waals surface area contributed by atoms with E-state index in [1.165, 1.54) is 17.0 Å². The Kier molecular flexibility index (Phi) is 6.02. The Balaban J connectivity index is 1.75. The Hall–Kier alpha value is -3.54. The monoisotopic (exact) mass is 486 g/mol. The summed E-state index contributed by atoms with van der Waals surface area (Å²) >= 11 is 0. The second-order valence-corrected chi connectivity index (χ2v) is 7.46. The van der Waals surface area contributed by atoms with Gasteiger partial charge in [0, 0.05) is 24.0 Å². The molecule has 180 valence electrons. The van der Waals surface area contributed by atoms with Gasteiger partial charge in [-0.1, -0.05) is 12.1 Å². The first kappa shape index (κ1) is 23.6. The number of halogens is 6. The number of carbonyl (C=O) groups excluding carboxylic acids is 2. The van der Waals surface area contributed by atoms with E-state index in [-0.39, 0.29) is 54.8 Å². The summed E-state index contributed by atoms with van der Waals surface area (Å²) in [5.74, 6) is -2.16. The highest BCUT2D eigenvalue weighted by Crippen LogP contribution is 2.37. The number of nitrogens with one attached hydrogen (secondary N) is 1. The summed E-state index contributed by atoms with van der Waals surface area (Å²) in [4.78, 5) is 27.2. The van der Waals surface area contributed by atoms with E-state index in [2.05, 4.69) is 5.32 Å². The van der Waals surface area contributed by atoms with E-state index in [0.717, 1.165) is 0 Å². The molecule has 12 heteroatoms. The molecule has 1 saturated heterocycles. The van der Waals surface area contributed by atoms with Crippen LogP contribution in [0, 0.1) is 0 Å². The molecule has 1 aliphatic rings. The van der Waals surface area contributed by atoms with Gasteiger partial charge in [-0.2, -0.15) is 26.3 Å². The van der Waals surface area contributed by atoms with E-state index in [0.29, 0.717) is 12.1 Å². The molecule has 1 aromatic heterocycles. The number of amides is 2. The fourth-order valence-corrected chi connectivity index (χ4v) is 3.50. The summed E-state index contributed by atoms with van der Waals surface area (Å²) in [6.07, 6.45) is -10.2.